The molecule has 0 radical (unpaired) electrons. The van der Waals surface area contributed by atoms with E-state index in [1.165, 1.54) is 10.7 Å². The first-order chi connectivity index (χ1) is 7.99. The summed E-state index contributed by atoms with van der Waals surface area (Å²) in [5.41, 5.74) is 6.81. The Balaban J connectivity index is 2.64. The van der Waals surface area contributed by atoms with Gasteiger partial charge in [0.15, 0.2) is 5.82 Å². The fourth-order valence-electron chi connectivity index (χ4n) is 1.50. The molecule has 2 rings (SSSR count). The summed E-state index contributed by atoms with van der Waals surface area (Å²) in [6, 6.07) is 4.79. The normalized spacial score (nSPS) is 10.5. The van der Waals surface area contributed by atoms with E-state index in [1.807, 2.05) is 6.92 Å². The van der Waals surface area contributed by atoms with Crippen LogP contribution in [0.2, 0.25) is 0 Å². The van der Waals surface area contributed by atoms with Crippen LogP contribution in [-0.4, -0.2) is 19.7 Å². The van der Waals surface area contributed by atoms with Gasteiger partial charge in [0.05, 0.1) is 10.5 Å². The number of nitrogen functional groups attached to an aromatic ring is 1. The quantitative estimate of drug-likeness (QED) is 0.622. The first-order valence-electron chi connectivity index (χ1n) is 4.91. The van der Waals surface area contributed by atoms with E-state index in [0.717, 1.165) is 5.56 Å². The number of nitrogens with two attached hydrogens (primary N) is 1. The van der Waals surface area contributed by atoms with Crippen LogP contribution in [0.15, 0.2) is 18.2 Å². The maximum Gasteiger partial charge on any atom is 0.280 e. The van der Waals surface area contributed by atoms with Crippen molar-refractivity contribution in [3.05, 3.63) is 33.9 Å². The lowest BCUT2D eigenvalue weighted by molar-refractivity contribution is -0.384. The molecule has 0 aliphatic carbocycles. The average Bonchev–Trinajstić information content (AvgIpc) is 2.58. The summed E-state index contributed by atoms with van der Waals surface area (Å²) in [4.78, 5) is 14.4. The summed E-state index contributed by atoms with van der Waals surface area (Å²) in [6.07, 6.45) is 0. The number of aromatic nitrogens is 3. The molecule has 7 heteroatoms. The molecule has 0 saturated carbocycles. The van der Waals surface area contributed by atoms with Crippen LogP contribution < -0.4 is 5.73 Å². The van der Waals surface area contributed by atoms with Gasteiger partial charge in [-0.1, -0.05) is 6.07 Å². The Labute approximate surface area is 97.0 Å². The Hall–Kier alpha value is -2.44. The number of aryl methyl sites for hydroxylation is 2. The molecule has 2 N–H and O–H groups in total. The molecule has 17 heavy (non-hydrogen) atoms. The number of nitro benzene ring substituents is 1. The minimum atomic E-state index is -0.457. The smallest absolute Gasteiger partial charge is 0.280 e. The molecule has 0 spiro atoms. The van der Waals surface area contributed by atoms with Crippen LogP contribution in [0.3, 0.4) is 0 Å². The number of nitrogens with zero attached hydrogens (tertiary/aromatic N) is 4. The number of hydrogen-bond donors (Lipinski definition) is 1. The number of rotatable bonds is 2. The third kappa shape index (κ3) is 1.94. The Kier molecular flexibility index (Phi) is 2.51. The van der Waals surface area contributed by atoms with Crippen molar-refractivity contribution in [2.45, 2.75) is 6.92 Å². The summed E-state index contributed by atoms with van der Waals surface area (Å²) in [5.74, 6) is 0.483. The second-order valence-electron chi connectivity index (χ2n) is 3.69. The van der Waals surface area contributed by atoms with Crippen LogP contribution >= 0.6 is 0 Å². The largest absolute Gasteiger partial charge is 0.368 e. The van der Waals surface area contributed by atoms with E-state index in [2.05, 4.69) is 10.1 Å². The van der Waals surface area contributed by atoms with Crippen LogP contribution in [0.4, 0.5) is 11.6 Å². The van der Waals surface area contributed by atoms with Crippen molar-refractivity contribution in [2.75, 3.05) is 5.73 Å². The highest BCUT2D eigenvalue weighted by atomic mass is 16.6. The van der Waals surface area contributed by atoms with Crippen molar-refractivity contribution in [2.24, 2.45) is 7.05 Å². The van der Waals surface area contributed by atoms with E-state index in [1.54, 1.807) is 19.2 Å². The zero-order valence-corrected chi connectivity index (χ0v) is 9.41. The molecule has 1 aromatic heterocycles. The average molecular weight is 233 g/mol. The van der Waals surface area contributed by atoms with Gasteiger partial charge in [0, 0.05) is 13.1 Å². The van der Waals surface area contributed by atoms with E-state index < -0.39 is 4.92 Å². The minimum absolute atomic E-state index is 0.0267. The number of nitro groups is 1. The van der Waals surface area contributed by atoms with Gasteiger partial charge >= 0.3 is 0 Å². The Morgan fingerprint density at radius 2 is 2.18 bits per heavy atom. The van der Waals surface area contributed by atoms with Gasteiger partial charge in [0.2, 0.25) is 5.95 Å². The molecule has 0 bridgehead atoms. The maximum atomic E-state index is 10.9. The third-order valence-electron chi connectivity index (χ3n) is 2.39. The van der Waals surface area contributed by atoms with Gasteiger partial charge in [-0.25, -0.2) is 4.68 Å². The lowest BCUT2D eigenvalue weighted by atomic mass is 10.1. The summed E-state index contributed by atoms with van der Waals surface area (Å²) >= 11 is 0. The van der Waals surface area contributed by atoms with E-state index in [-0.39, 0.29) is 17.5 Å². The van der Waals surface area contributed by atoms with Gasteiger partial charge in [0.1, 0.15) is 0 Å². The molecule has 0 unspecified atom stereocenters. The van der Waals surface area contributed by atoms with Gasteiger partial charge in [-0.05, 0) is 18.6 Å². The van der Waals surface area contributed by atoms with E-state index in [4.69, 9.17) is 5.73 Å². The highest BCUT2D eigenvalue weighted by Gasteiger charge is 2.19. The fourth-order valence-corrected chi connectivity index (χ4v) is 1.50. The van der Waals surface area contributed by atoms with Crippen LogP contribution in [-0.2, 0) is 7.05 Å². The Morgan fingerprint density at radius 1 is 1.47 bits per heavy atom. The van der Waals surface area contributed by atoms with Crippen molar-refractivity contribution in [1.29, 1.82) is 0 Å². The first kappa shape index (κ1) is 11.1. The van der Waals surface area contributed by atoms with Crippen LogP contribution in [0.5, 0.6) is 0 Å². The molecule has 0 aliphatic rings. The SMILES string of the molecule is Cc1ccc([N+](=O)[O-])c(-c2nc(N)n(C)n2)c1. The van der Waals surface area contributed by atoms with Gasteiger partial charge in [-0.15, -0.1) is 5.10 Å². The highest BCUT2D eigenvalue weighted by Crippen LogP contribution is 2.28. The number of hydrogen-bond acceptors (Lipinski definition) is 5. The topological polar surface area (TPSA) is 99.9 Å². The molecule has 2 aromatic rings. The second kappa shape index (κ2) is 3.85. The van der Waals surface area contributed by atoms with Crippen molar-refractivity contribution < 1.29 is 4.92 Å². The zero-order valence-electron chi connectivity index (χ0n) is 9.41. The molecular formula is C10H11N5O2. The highest BCUT2D eigenvalue weighted by molar-refractivity contribution is 5.69. The predicted octanol–water partition coefficient (Wildman–Crippen LogP) is 1.28. The summed E-state index contributed by atoms with van der Waals surface area (Å²) < 4.78 is 1.38. The lowest BCUT2D eigenvalue weighted by Crippen LogP contribution is -1.97. The monoisotopic (exact) mass is 233 g/mol. The number of anilines is 1. The van der Waals surface area contributed by atoms with Crippen LogP contribution in [0, 0.1) is 17.0 Å². The van der Waals surface area contributed by atoms with E-state index >= 15 is 0 Å². The van der Waals surface area contributed by atoms with Gasteiger partial charge < -0.3 is 5.73 Å². The first-order valence-corrected chi connectivity index (χ1v) is 4.91. The molecule has 1 heterocycles. The van der Waals surface area contributed by atoms with Crippen molar-refractivity contribution in [3.8, 4) is 11.4 Å². The zero-order chi connectivity index (χ0) is 12.6. The fraction of sp³-hybridized carbons (Fsp3) is 0.200. The summed E-state index contributed by atoms with van der Waals surface area (Å²) in [5, 5.41) is 15.0. The molecular weight excluding hydrogens is 222 g/mol. The molecule has 0 amide bonds. The van der Waals surface area contributed by atoms with Gasteiger partial charge in [-0.2, -0.15) is 4.98 Å². The molecule has 0 saturated heterocycles. The van der Waals surface area contributed by atoms with Crippen molar-refractivity contribution >= 4 is 11.6 Å². The maximum absolute atomic E-state index is 10.9. The molecule has 7 nitrogen and oxygen atoms in total. The Bertz CT molecular complexity index is 571. The summed E-state index contributed by atoms with van der Waals surface area (Å²) in [7, 11) is 1.63. The van der Waals surface area contributed by atoms with Crippen LogP contribution in [0.1, 0.15) is 5.56 Å². The predicted molar refractivity (Wildman–Crippen MR) is 62.2 cm³/mol. The molecule has 1 aromatic carbocycles. The van der Waals surface area contributed by atoms with Gasteiger partial charge in [0.25, 0.3) is 5.69 Å². The van der Waals surface area contributed by atoms with Gasteiger partial charge in [-0.3, -0.25) is 10.1 Å². The second-order valence-corrected chi connectivity index (χ2v) is 3.69. The number of benzene rings is 1. The summed E-state index contributed by atoms with van der Waals surface area (Å²) in [6.45, 7) is 1.85. The van der Waals surface area contributed by atoms with E-state index in [0.29, 0.717) is 5.56 Å². The standard InChI is InChI=1S/C10H11N5O2/c1-6-3-4-8(15(16)17)7(5-6)9-12-10(11)14(2)13-9/h3-5H,1-2H3,(H2,11,12,13). The lowest BCUT2D eigenvalue weighted by Gasteiger charge is -1.99. The minimum Gasteiger partial charge on any atom is -0.368 e. The third-order valence-corrected chi connectivity index (χ3v) is 2.39. The van der Waals surface area contributed by atoms with E-state index in [9.17, 15) is 10.1 Å². The molecule has 0 atom stereocenters. The Morgan fingerprint density at radius 3 is 2.71 bits per heavy atom. The van der Waals surface area contributed by atoms with Crippen molar-refractivity contribution in [3.63, 3.8) is 0 Å². The molecule has 0 fully saturated rings. The van der Waals surface area contributed by atoms with Crippen molar-refractivity contribution in [1.82, 2.24) is 14.8 Å². The molecule has 88 valence electrons. The molecule has 0 aliphatic heterocycles. The van der Waals surface area contributed by atoms with Crippen LogP contribution in [0.25, 0.3) is 11.4 Å².